The van der Waals surface area contributed by atoms with Crippen molar-refractivity contribution in [2.75, 3.05) is 13.1 Å². The van der Waals surface area contributed by atoms with Crippen LogP contribution in [0.4, 0.5) is 0 Å². The topological polar surface area (TPSA) is 89.9 Å². The van der Waals surface area contributed by atoms with Crippen LogP contribution in [0, 0.1) is 0 Å². The number of carbonyl (C=O) groups is 1. The number of carbonyl (C=O) groups excluding carboxylic acids is 1. The Bertz CT molecular complexity index is 1250. The van der Waals surface area contributed by atoms with Gasteiger partial charge in [-0.15, -0.1) is 5.10 Å². The molecular formula is C24H22N6O2. The van der Waals surface area contributed by atoms with Gasteiger partial charge in [0.1, 0.15) is 0 Å². The molecule has 8 heteroatoms. The zero-order valence-electron chi connectivity index (χ0n) is 17.5. The lowest BCUT2D eigenvalue weighted by molar-refractivity contribution is -0.133. The molecule has 1 aliphatic heterocycles. The molecule has 160 valence electrons. The normalized spacial score (nSPS) is 19.2. The number of hydrogen-bond donors (Lipinski definition) is 0. The van der Waals surface area contributed by atoms with Gasteiger partial charge >= 0.3 is 0 Å². The van der Waals surface area contributed by atoms with E-state index in [2.05, 4.69) is 32.6 Å². The van der Waals surface area contributed by atoms with Crippen LogP contribution in [-0.2, 0) is 10.2 Å². The molecule has 1 saturated carbocycles. The monoisotopic (exact) mass is 426 g/mol. The van der Waals surface area contributed by atoms with Crippen molar-refractivity contribution in [2.45, 2.75) is 30.7 Å². The fourth-order valence-corrected chi connectivity index (χ4v) is 4.54. The first kappa shape index (κ1) is 18.9. The number of nitrogens with zero attached hydrogens (tertiary/aromatic N) is 6. The maximum absolute atomic E-state index is 13.3. The van der Waals surface area contributed by atoms with Gasteiger partial charge in [0.2, 0.25) is 11.7 Å². The van der Waals surface area contributed by atoms with E-state index in [1.165, 1.54) is 0 Å². The summed E-state index contributed by atoms with van der Waals surface area (Å²) >= 11 is 0. The van der Waals surface area contributed by atoms with Gasteiger partial charge in [-0.25, -0.2) is 4.68 Å². The number of rotatable bonds is 5. The van der Waals surface area contributed by atoms with Crippen molar-refractivity contribution < 1.29 is 9.32 Å². The summed E-state index contributed by atoms with van der Waals surface area (Å²) in [7, 11) is 0. The van der Waals surface area contributed by atoms with E-state index in [0.717, 1.165) is 36.9 Å². The summed E-state index contributed by atoms with van der Waals surface area (Å²) in [5, 5.41) is 12.6. The van der Waals surface area contributed by atoms with Crippen LogP contribution in [0.1, 0.15) is 30.9 Å². The lowest BCUT2D eigenvalue weighted by Crippen LogP contribution is -2.38. The van der Waals surface area contributed by atoms with Crippen LogP contribution >= 0.6 is 0 Å². The molecule has 1 atom stereocenters. The number of amides is 1. The van der Waals surface area contributed by atoms with Crippen molar-refractivity contribution in [1.82, 2.24) is 30.0 Å². The molecule has 6 rings (SSSR count). The average Bonchev–Trinajstić information content (AvgIpc) is 3.24. The summed E-state index contributed by atoms with van der Waals surface area (Å²) in [5.74, 6) is 1.08. The highest BCUT2D eigenvalue weighted by Gasteiger charge is 2.53. The molecule has 2 fully saturated rings. The molecule has 0 N–H and O–H groups in total. The van der Waals surface area contributed by atoms with Crippen LogP contribution in [0.15, 0.2) is 71.4 Å². The fraction of sp³-hybridized carbons (Fsp3) is 0.292. The Balaban J connectivity index is 1.16. The van der Waals surface area contributed by atoms with Crippen LogP contribution in [0.2, 0.25) is 0 Å². The van der Waals surface area contributed by atoms with Crippen molar-refractivity contribution >= 4 is 5.91 Å². The first-order valence-corrected chi connectivity index (χ1v) is 10.9. The summed E-state index contributed by atoms with van der Waals surface area (Å²) < 4.78 is 7.22. The molecule has 2 aromatic heterocycles. The van der Waals surface area contributed by atoms with Crippen molar-refractivity contribution in [3.8, 4) is 23.0 Å². The first-order valence-electron chi connectivity index (χ1n) is 10.9. The standard InChI is InChI=1S/C24H22N6O2/c31-23(24(12-13-24)18-9-5-2-6-10-18)29-14-11-19(15-29)30-16-20(26-28-30)22-25-21(27-32-22)17-7-3-1-4-8-17/h1-10,16,19H,11-15H2/t19-/m0/s1. The van der Waals surface area contributed by atoms with Crippen LogP contribution in [0.25, 0.3) is 23.0 Å². The minimum Gasteiger partial charge on any atom is -0.340 e. The molecule has 2 aromatic carbocycles. The second-order valence-electron chi connectivity index (χ2n) is 8.51. The molecule has 1 amide bonds. The smallest absolute Gasteiger partial charge is 0.280 e. The Morgan fingerprint density at radius 2 is 1.78 bits per heavy atom. The quantitative estimate of drug-likeness (QED) is 0.485. The fourth-order valence-electron chi connectivity index (χ4n) is 4.54. The Kier molecular flexibility index (Phi) is 4.38. The zero-order chi connectivity index (χ0) is 21.5. The number of likely N-dealkylation sites (tertiary alicyclic amines) is 1. The Labute approximate surface area is 184 Å². The molecule has 0 unspecified atom stereocenters. The van der Waals surface area contributed by atoms with Gasteiger partial charge in [-0.05, 0) is 24.8 Å². The van der Waals surface area contributed by atoms with E-state index < -0.39 is 0 Å². The minimum atomic E-state index is -0.332. The predicted octanol–water partition coefficient (Wildman–Crippen LogP) is 3.50. The van der Waals surface area contributed by atoms with E-state index in [4.69, 9.17) is 4.52 Å². The van der Waals surface area contributed by atoms with Crippen LogP contribution in [0.3, 0.4) is 0 Å². The molecule has 32 heavy (non-hydrogen) atoms. The maximum atomic E-state index is 13.3. The van der Waals surface area contributed by atoms with Gasteiger partial charge in [-0.3, -0.25) is 4.79 Å². The summed E-state index contributed by atoms with van der Waals surface area (Å²) in [6.45, 7) is 1.36. The molecule has 0 radical (unpaired) electrons. The SMILES string of the molecule is O=C(N1CC[C@H](n2cc(-c3nc(-c4ccccc4)no3)nn2)C1)C1(c2ccccc2)CC1. The van der Waals surface area contributed by atoms with Gasteiger partial charge < -0.3 is 9.42 Å². The molecule has 8 nitrogen and oxygen atoms in total. The molecule has 1 aliphatic carbocycles. The average molecular weight is 426 g/mol. The lowest BCUT2D eigenvalue weighted by Gasteiger charge is -2.23. The van der Waals surface area contributed by atoms with Gasteiger partial charge in [0.15, 0.2) is 5.69 Å². The van der Waals surface area contributed by atoms with Crippen LogP contribution in [-0.4, -0.2) is 49.0 Å². The van der Waals surface area contributed by atoms with Crippen molar-refractivity contribution in [1.29, 1.82) is 0 Å². The Morgan fingerprint density at radius 3 is 2.53 bits per heavy atom. The van der Waals surface area contributed by atoms with Crippen molar-refractivity contribution in [2.24, 2.45) is 0 Å². The molecule has 3 heterocycles. The third-order valence-electron chi connectivity index (χ3n) is 6.50. The molecule has 0 bridgehead atoms. The predicted molar refractivity (Wildman–Crippen MR) is 116 cm³/mol. The van der Waals surface area contributed by atoms with Gasteiger partial charge in [0, 0.05) is 18.7 Å². The van der Waals surface area contributed by atoms with Gasteiger partial charge in [-0.1, -0.05) is 71.0 Å². The van der Waals surface area contributed by atoms with E-state index >= 15 is 0 Å². The second-order valence-corrected chi connectivity index (χ2v) is 8.51. The molecule has 4 aromatic rings. The molecule has 0 spiro atoms. The highest BCUT2D eigenvalue weighted by molar-refractivity contribution is 5.91. The van der Waals surface area contributed by atoms with E-state index in [1.54, 1.807) is 0 Å². The largest absolute Gasteiger partial charge is 0.340 e. The van der Waals surface area contributed by atoms with E-state index in [-0.39, 0.29) is 17.4 Å². The van der Waals surface area contributed by atoms with Crippen LogP contribution in [0.5, 0.6) is 0 Å². The van der Waals surface area contributed by atoms with E-state index in [9.17, 15) is 4.79 Å². The second kappa shape index (κ2) is 7.40. The zero-order valence-corrected chi connectivity index (χ0v) is 17.5. The number of hydrogen-bond acceptors (Lipinski definition) is 6. The molecular weight excluding hydrogens is 404 g/mol. The van der Waals surface area contributed by atoms with Crippen LogP contribution < -0.4 is 0 Å². The molecule has 2 aliphatic rings. The van der Waals surface area contributed by atoms with Crippen molar-refractivity contribution in [3.63, 3.8) is 0 Å². The maximum Gasteiger partial charge on any atom is 0.280 e. The summed E-state index contributed by atoms with van der Waals surface area (Å²) in [6.07, 6.45) is 4.51. The third-order valence-corrected chi connectivity index (χ3v) is 6.50. The van der Waals surface area contributed by atoms with Gasteiger partial charge in [0.25, 0.3) is 5.89 Å². The highest BCUT2D eigenvalue weighted by atomic mass is 16.5. The van der Waals surface area contributed by atoms with E-state index in [0.29, 0.717) is 24.0 Å². The first-order chi connectivity index (χ1) is 15.7. The third kappa shape index (κ3) is 3.19. The Hall–Kier alpha value is -3.81. The minimum absolute atomic E-state index is 0.0864. The summed E-state index contributed by atoms with van der Waals surface area (Å²) in [5.41, 5.74) is 2.21. The number of benzene rings is 2. The van der Waals surface area contributed by atoms with Gasteiger partial charge in [0.05, 0.1) is 17.7 Å². The Morgan fingerprint density at radius 1 is 1.03 bits per heavy atom. The summed E-state index contributed by atoms with van der Waals surface area (Å²) in [6, 6.07) is 19.9. The number of aromatic nitrogens is 5. The molecule has 1 saturated heterocycles. The van der Waals surface area contributed by atoms with Gasteiger partial charge in [-0.2, -0.15) is 4.98 Å². The van der Waals surface area contributed by atoms with Crippen molar-refractivity contribution in [3.05, 3.63) is 72.4 Å². The van der Waals surface area contributed by atoms with E-state index in [1.807, 2.05) is 64.3 Å². The lowest BCUT2D eigenvalue weighted by atomic mass is 9.94. The highest BCUT2D eigenvalue weighted by Crippen LogP contribution is 2.50. The summed E-state index contributed by atoms with van der Waals surface area (Å²) in [4.78, 5) is 19.7.